The molecule has 4 heteroatoms. The Morgan fingerprint density at radius 2 is 2.33 bits per heavy atom. The number of nitrogens with zero attached hydrogens (tertiary/aromatic N) is 1. The van der Waals surface area contributed by atoms with Crippen LogP contribution in [0.4, 0.5) is 11.4 Å². The Hall–Kier alpha value is -1.97. The number of aromatic nitrogens is 2. The van der Waals surface area contributed by atoms with Crippen molar-refractivity contribution in [2.24, 2.45) is 0 Å². The molecule has 0 saturated carbocycles. The Morgan fingerprint density at radius 3 is 3.00 bits per heavy atom. The van der Waals surface area contributed by atoms with Crippen molar-refractivity contribution in [1.29, 1.82) is 0 Å². The third-order valence-electron chi connectivity index (χ3n) is 2.28. The van der Waals surface area contributed by atoms with Crippen LogP contribution in [-0.2, 0) is 6.54 Å². The number of hydrogen-bond donors (Lipinski definition) is 3. The lowest BCUT2D eigenvalue weighted by Gasteiger charge is -2.06. The van der Waals surface area contributed by atoms with Crippen molar-refractivity contribution in [1.82, 2.24) is 9.97 Å². The average Bonchev–Trinajstić information content (AvgIpc) is 2.73. The predicted octanol–water partition coefficient (Wildman–Crippen LogP) is 1.91. The Labute approximate surface area is 88.5 Å². The maximum atomic E-state index is 5.73. The number of benzene rings is 1. The lowest BCUT2D eigenvalue weighted by atomic mass is 10.2. The summed E-state index contributed by atoms with van der Waals surface area (Å²) in [5.41, 5.74) is 8.69. The number of aromatic amines is 1. The fourth-order valence-electron chi connectivity index (χ4n) is 1.37. The normalized spacial score (nSPS) is 10.2. The van der Waals surface area contributed by atoms with Crippen molar-refractivity contribution in [2.45, 2.75) is 13.5 Å². The number of aryl methyl sites for hydroxylation is 1. The van der Waals surface area contributed by atoms with E-state index in [4.69, 9.17) is 5.73 Å². The summed E-state index contributed by atoms with van der Waals surface area (Å²) in [5.74, 6) is 0.921. The molecule has 0 aliphatic rings. The van der Waals surface area contributed by atoms with Crippen LogP contribution in [0.3, 0.4) is 0 Å². The topological polar surface area (TPSA) is 66.7 Å². The molecule has 0 saturated heterocycles. The molecule has 0 aliphatic heterocycles. The number of rotatable bonds is 3. The number of imidazole rings is 1. The van der Waals surface area contributed by atoms with Crippen LogP contribution in [0, 0.1) is 6.92 Å². The van der Waals surface area contributed by atoms with E-state index < -0.39 is 0 Å². The van der Waals surface area contributed by atoms with Crippen molar-refractivity contribution >= 4 is 11.4 Å². The van der Waals surface area contributed by atoms with Gasteiger partial charge < -0.3 is 16.0 Å². The first-order valence-electron chi connectivity index (χ1n) is 4.84. The molecule has 1 aromatic heterocycles. The molecule has 2 rings (SSSR count). The van der Waals surface area contributed by atoms with Crippen molar-refractivity contribution in [3.8, 4) is 0 Å². The van der Waals surface area contributed by atoms with Gasteiger partial charge in [0.05, 0.1) is 6.54 Å². The zero-order valence-electron chi connectivity index (χ0n) is 8.62. The summed E-state index contributed by atoms with van der Waals surface area (Å²) in [7, 11) is 0. The summed E-state index contributed by atoms with van der Waals surface area (Å²) in [6, 6.07) is 5.89. The summed E-state index contributed by atoms with van der Waals surface area (Å²) in [5, 5.41) is 3.27. The first kappa shape index (κ1) is 9.58. The molecule has 0 amide bonds. The van der Waals surface area contributed by atoms with Crippen LogP contribution in [0.1, 0.15) is 11.4 Å². The molecular weight excluding hydrogens is 188 g/mol. The van der Waals surface area contributed by atoms with Gasteiger partial charge in [0.1, 0.15) is 5.82 Å². The highest BCUT2D eigenvalue weighted by molar-refractivity contribution is 5.56. The fourth-order valence-corrected chi connectivity index (χ4v) is 1.37. The first-order chi connectivity index (χ1) is 7.25. The molecule has 0 unspecified atom stereocenters. The van der Waals surface area contributed by atoms with Crippen LogP contribution in [0.15, 0.2) is 30.6 Å². The van der Waals surface area contributed by atoms with Gasteiger partial charge in [0.2, 0.25) is 0 Å². The molecule has 4 N–H and O–H groups in total. The van der Waals surface area contributed by atoms with E-state index in [2.05, 4.69) is 15.3 Å². The van der Waals surface area contributed by atoms with Gasteiger partial charge in [-0.15, -0.1) is 0 Å². The van der Waals surface area contributed by atoms with E-state index in [1.807, 2.05) is 31.3 Å². The van der Waals surface area contributed by atoms with Crippen molar-refractivity contribution < 1.29 is 0 Å². The number of nitrogen functional groups attached to an aromatic ring is 1. The first-order valence-corrected chi connectivity index (χ1v) is 4.84. The van der Waals surface area contributed by atoms with Crippen molar-refractivity contribution in [3.63, 3.8) is 0 Å². The molecule has 0 fully saturated rings. The monoisotopic (exact) mass is 202 g/mol. The van der Waals surface area contributed by atoms with Crippen molar-refractivity contribution in [3.05, 3.63) is 42.0 Å². The minimum absolute atomic E-state index is 0.691. The molecule has 0 aliphatic carbocycles. The van der Waals surface area contributed by atoms with Gasteiger partial charge in [0.15, 0.2) is 0 Å². The van der Waals surface area contributed by atoms with Crippen LogP contribution >= 0.6 is 0 Å². The van der Waals surface area contributed by atoms with Gasteiger partial charge in [0, 0.05) is 23.8 Å². The summed E-state index contributed by atoms with van der Waals surface area (Å²) in [4.78, 5) is 7.16. The summed E-state index contributed by atoms with van der Waals surface area (Å²) < 4.78 is 0. The molecule has 2 aromatic rings. The third kappa shape index (κ3) is 2.28. The molecule has 1 aromatic carbocycles. The second-order valence-corrected chi connectivity index (χ2v) is 3.46. The number of H-pyrrole nitrogens is 1. The van der Waals surface area contributed by atoms with Crippen molar-refractivity contribution in [2.75, 3.05) is 11.1 Å². The van der Waals surface area contributed by atoms with Crippen LogP contribution in [-0.4, -0.2) is 9.97 Å². The van der Waals surface area contributed by atoms with Gasteiger partial charge in [-0.05, 0) is 30.7 Å². The van der Waals surface area contributed by atoms with Gasteiger partial charge in [-0.3, -0.25) is 0 Å². The van der Waals surface area contributed by atoms with E-state index in [9.17, 15) is 0 Å². The highest BCUT2D eigenvalue weighted by Gasteiger charge is 1.97. The van der Waals surface area contributed by atoms with Crippen LogP contribution in [0.2, 0.25) is 0 Å². The fraction of sp³-hybridized carbons (Fsp3) is 0.182. The van der Waals surface area contributed by atoms with E-state index in [1.54, 1.807) is 6.20 Å². The van der Waals surface area contributed by atoms with Crippen LogP contribution in [0.25, 0.3) is 0 Å². The van der Waals surface area contributed by atoms with E-state index in [1.165, 1.54) is 0 Å². The Bertz CT molecular complexity index is 434. The van der Waals surface area contributed by atoms with E-state index in [0.717, 1.165) is 22.8 Å². The van der Waals surface area contributed by atoms with E-state index >= 15 is 0 Å². The second kappa shape index (κ2) is 4.04. The molecule has 0 radical (unpaired) electrons. The van der Waals surface area contributed by atoms with Gasteiger partial charge in [-0.2, -0.15) is 0 Å². The zero-order chi connectivity index (χ0) is 10.7. The van der Waals surface area contributed by atoms with Gasteiger partial charge in [-0.1, -0.05) is 0 Å². The SMILES string of the molecule is Cc1cc(NCc2ncc[nH]2)ccc1N. The highest BCUT2D eigenvalue weighted by Crippen LogP contribution is 2.16. The molecule has 0 bridgehead atoms. The Balaban J connectivity index is 2.02. The minimum atomic E-state index is 0.691. The molecule has 15 heavy (non-hydrogen) atoms. The molecule has 4 nitrogen and oxygen atoms in total. The summed E-state index contributed by atoms with van der Waals surface area (Å²) >= 11 is 0. The quantitative estimate of drug-likeness (QED) is 0.666. The second-order valence-electron chi connectivity index (χ2n) is 3.46. The smallest absolute Gasteiger partial charge is 0.125 e. The lowest BCUT2D eigenvalue weighted by Crippen LogP contribution is -2.01. The molecule has 78 valence electrons. The molecular formula is C11H14N4. The predicted molar refractivity (Wildman–Crippen MR) is 61.5 cm³/mol. The largest absolute Gasteiger partial charge is 0.399 e. The third-order valence-corrected chi connectivity index (χ3v) is 2.28. The number of nitrogens with two attached hydrogens (primary N) is 1. The maximum absolute atomic E-state index is 5.73. The summed E-state index contributed by atoms with van der Waals surface area (Å²) in [6.45, 7) is 2.68. The zero-order valence-corrected chi connectivity index (χ0v) is 8.62. The Kier molecular flexibility index (Phi) is 2.58. The molecule has 1 heterocycles. The van der Waals surface area contributed by atoms with Gasteiger partial charge in [0.25, 0.3) is 0 Å². The minimum Gasteiger partial charge on any atom is -0.399 e. The Morgan fingerprint density at radius 1 is 1.47 bits per heavy atom. The average molecular weight is 202 g/mol. The number of nitrogens with one attached hydrogen (secondary N) is 2. The standard InChI is InChI=1S/C11H14N4/c1-8-6-9(2-3-10(8)12)15-7-11-13-4-5-14-11/h2-6,15H,7,12H2,1H3,(H,13,14). The van der Waals surface area contributed by atoms with Gasteiger partial charge >= 0.3 is 0 Å². The molecule has 0 spiro atoms. The number of hydrogen-bond acceptors (Lipinski definition) is 3. The van der Waals surface area contributed by atoms with Gasteiger partial charge in [-0.25, -0.2) is 4.98 Å². The van der Waals surface area contributed by atoms with E-state index in [-0.39, 0.29) is 0 Å². The van der Waals surface area contributed by atoms with Crippen LogP contribution < -0.4 is 11.1 Å². The van der Waals surface area contributed by atoms with E-state index in [0.29, 0.717) is 6.54 Å². The molecule has 0 atom stereocenters. The highest BCUT2D eigenvalue weighted by atomic mass is 15.0. The number of anilines is 2. The van der Waals surface area contributed by atoms with Crippen LogP contribution in [0.5, 0.6) is 0 Å². The lowest BCUT2D eigenvalue weighted by molar-refractivity contribution is 1.000. The summed E-state index contributed by atoms with van der Waals surface area (Å²) in [6.07, 6.45) is 3.55. The maximum Gasteiger partial charge on any atom is 0.125 e.